The van der Waals surface area contributed by atoms with Crippen LogP contribution in [0.25, 0.3) is 0 Å². The van der Waals surface area contributed by atoms with Crippen molar-refractivity contribution >= 4 is 17.5 Å². The van der Waals surface area contributed by atoms with Crippen LogP contribution in [0, 0.1) is 5.92 Å². The molecule has 1 aliphatic heterocycles. The van der Waals surface area contributed by atoms with Crippen molar-refractivity contribution in [3.05, 3.63) is 35.0 Å². The van der Waals surface area contributed by atoms with Crippen molar-refractivity contribution in [1.29, 1.82) is 0 Å². The molecule has 0 bridgehead atoms. The van der Waals surface area contributed by atoms with E-state index in [0.29, 0.717) is 35.8 Å². The van der Waals surface area contributed by atoms with Gasteiger partial charge in [-0.15, -0.1) is 0 Å². The van der Waals surface area contributed by atoms with Crippen LogP contribution >= 0.6 is 0 Å². The van der Waals surface area contributed by atoms with Gasteiger partial charge in [0.15, 0.2) is 11.5 Å². The number of carbonyl (C=O) groups is 2. The van der Waals surface area contributed by atoms with Crippen LogP contribution < -0.4 is 9.47 Å². The highest BCUT2D eigenvalue weighted by Gasteiger charge is 2.43. The second kappa shape index (κ2) is 8.59. The normalized spacial score (nSPS) is 21.7. The highest BCUT2D eigenvalue weighted by molar-refractivity contribution is 6.11. The molecule has 0 saturated heterocycles. The van der Waals surface area contributed by atoms with Crippen molar-refractivity contribution in [2.45, 2.75) is 46.0 Å². The minimum atomic E-state index is -0.431. The van der Waals surface area contributed by atoms with Crippen LogP contribution in [0.2, 0.25) is 0 Å². The number of nitrogens with zero attached hydrogens (tertiary/aromatic N) is 1. The minimum Gasteiger partial charge on any atom is -0.493 e. The summed E-state index contributed by atoms with van der Waals surface area (Å²) in [6.07, 6.45) is 2.08. The van der Waals surface area contributed by atoms with E-state index in [1.165, 1.54) is 0 Å². The molecule has 6 heteroatoms. The summed E-state index contributed by atoms with van der Waals surface area (Å²) in [5.74, 6) is 0.0546. The van der Waals surface area contributed by atoms with Gasteiger partial charge in [-0.2, -0.15) is 0 Å². The summed E-state index contributed by atoms with van der Waals surface area (Å²) in [7, 11) is 1.58. The Morgan fingerprint density at radius 1 is 1.14 bits per heavy atom. The Kier molecular flexibility index (Phi) is 6.17. The molecule has 6 nitrogen and oxygen atoms in total. The van der Waals surface area contributed by atoms with Crippen molar-refractivity contribution in [2.75, 3.05) is 20.3 Å². The SMILES string of the molecule is CCOC(=O)C1=C(C)N=C2CCCC(=O)C2[C@H]1c1ccc(OCC)c(OC)c1. The summed E-state index contributed by atoms with van der Waals surface area (Å²) in [4.78, 5) is 30.3. The topological polar surface area (TPSA) is 74.2 Å². The van der Waals surface area contributed by atoms with Crippen LogP contribution in [0.3, 0.4) is 0 Å². The molecule has 0 amide bonds. The minimum absolute atomic E-state index is 0.122. The van der Waals surface area contributed by atoms with Gasteiger partial charge in [0.05, 0.1) is 31.8 Å². The van der Waals surface area contributed by atoms with Crippen LogP contribution in [0.15, 0.2) is 34.5 Å². The number of ketones is 1. The number of benzene rings is 1. The zero-order valence-corrected chi connectivity index (χ0v) is 16.9. The Morgan fingerprint density at radius 3 is 2.61 bits per heavy atom. The zero-order valence-electron chi connectivity index (χ0n) is 16.9. The Hall–Kier alpha value is -2.63. The quantitative estimate of drug-likeness (QED) is 0.696. The number of hydrogen-bond donors (Lipinski definition) is 0. The Bertz CT molecular complexity index is 839. The van der Waals surface area contributed by atoms with Crippen LogP contribution in [0.5, 0.6) is 11.5 Å². The van der Waals surface area contributed by atoms with E-state index >= 15 is 0 Å². The third-order valence-electron chi connectivity index (χ3n) is 5.25. The molecule has 0 N–H and O–H groups in total. The average molecular weight is 385 g/mol. The molecule has 1 fully saturated rings. The highest BCUT2D eigenvalue weighted by Crippen LogP contribution is 2.44. The molecule has 1 aliphatic carbocycles. The van der Waals surface area contributed by atoms with Crippen LogP contribution in [0.4, 0.5) is 0 Å². The predicted molar refractivity (Wildman–Crippen MR) is 106 cm³/mol. The number of esters is 1. The Balaban J connectivity index is 2.14. The molecule has 2 aliphatic rings. The van der Waals surface area contributed by atoms with Crippen LogP contribution in [-0.4, -0.2) is 37.8 Å². The van der Waals surface area contributed by atoms with Gasteiger partial charge in [0.1, 0.15) is 5.78 Å². The first-order valence-corrected chi connectivity index (χ1v) is 9.80. The van der Waals surface area contributed by atoms with Gasteiger partial charge in [-0.05, 0) is 51.3 Å². The van der Waals surface area contributed by atoms with Crippen molar-refractivity contribution < 1.29 is 23.8 Å². The Labute approximate surface area is 165 Å². The number of ether oxygens (including phenoxy) is 3. The third kappa shape index (κ3) is 3.68. The van der Waals surface area contributed by atoms with Gasteiger partial charge < -0.3 is 14.2 Å². The molecule has 2 atom stereocenters. The van der Waals surface area contributed by atoms with Crippen molar-refractivity contribution in [3.63, 3.8) is 0 Å². The lowest BCUT2D eigenvalue weighted by atomic mass is 9.69. The standard InChI is InChI=1S/C22H27NO5/c1-5-27-17-11-10-14(12-18(17)26-4)20-19(22(25)28-6-2)13(3)23-15-8-7-9-16(24)21(15)20/h10-12,20-21H,5-9H2,1-4H3/t20-,21?/m0/s1. The second-order valence-electron chi connectivity index (χ2n) is 6.94. The molecule has 3 rings (SSSR count). The lowest BCUT2D eigenvalue weighted by molar-refractivity contribution is -0.139. The third-order valence-corrected chi connectivity index (χ3v) is 5.25. The number of allylic oxidation sites excluding steroid dienone is 1. The summed E-state index contributed by atoms with van der Waals surface area (Å²) >= 11 is 0. The fourth-order valence-corrected chi connectivity index (χ4v) is 4.11. The van der Waals surface area contributed by atoms with Gasteiger partial charge in [0.2, 0.25) is 0 Å². The number of carbonyl (C=O) groups excluding carboxylic acids is 2. The number of aliphatic imine (C=N–C) groups is 1. The highest BCUT2D eigenvalue weighted by atomic mass is 16.5. The molecule has 1 heterocycles. The van der Waals surface area contributed by atoms with Crippen LogP contribution in [0.1, 0.15) is 51.5 Å². The molecule has 1 unspecified atom stereocenters. The largest absolute Gasteiger partial charge is 0.493 e. The first-order chi connectivity index (χ1) is 13.5. The number of fused-ring (bicyclic) bond motifs is 1. The maximum atomic E-state index is 12.9. The van der Waals surface area contributed by atoms with Crippen molar-refractivity contribution in [1.82, 2.24) is 0 Å². The van der Waals surface area contributed by atoms with Crippen LogP contribution in [-0.2, 0) is 14.3 Å². The fraction of sp³-hybridized carbons (Fsp3) is 0.500. The molecule has 28 heavy (non-hydrogen) atoms. The molecule has 0 spiro atoms. The summed E-state index contributed by atoms with van der Waals surface area (Å²) in [6, 6.07) is 5.58. The Morgan fingerprint density at radius 2 is 1.93 bits per heavy atom. The van der Waals surface area contributed by atoms with Crippen molar-refractivity contribution in [2.24, 2.45) is 10.9 Å². The van der Waals surface area contributed by atoms with E-state index in [9.17, 15) is 9.59 Å². The molecule has 1 saturated carbocycles. The lowest BCUT2D eigenvalue weighted by Crippen LogP contribution is -2.39. The van der Waals surface area contributed by atoms with Gasteiger partial charge in [0.25, 0.3) is 0 Å². The maximum Gasteiger partial charge on any atom is 0.336 e. The number of rotatable bonds is 6. The van der Waals surface area contributed by atoms with E-state index < -0.39 is 17.8 Å². The summed E-state index contributed by atoms with van der Waals surface area (Å²) in [6.45, 7) is 6.27. The zero-order chi connectivity index (χ0) is 20.3. The van der Waals surface area contributed by atoms with E-state index in [-0.39, 0.29) is 12.4 Å². The van der Waals surface area contributed by atoms with E-state index in [2.05, 4.69) is 4.99 Å². The number of hydrogen-bond acceptors (Lipinski definition) is 6. The molecular formula is C22H27NO5. The first kappa shape index (κ1) is 20.1. The predicted octanol–water partition coefficient (Wildman–Crippen LogP) is 3.84. The summed E-state index contributed by atoms with van der Waals surface area (Å²) in [5.41, 5.74) is 2.77. The van der Waals surface area contributed by atoms with Gasteiger partial charge >= 0.3 is 5.97 Å². The molecule has 150 valence electrons. The smallest absolute Gasteiger partial charge is 0.336 e. The van der Waals surface area contributed by atoms with Gasteiger partial charge in [-0.1, -0.05) is 6.07 Å². The van der Waals surface area contributed by atoms with Gasteiger partial charge in [-0.25, -0.2) is 4.79 Å². The maximum absolute atomic E-state index is 12.9. The summed E-state index contributed by atoms with van der Waals surface area (Å²) in [5, 5.41) is 0. The molecule has 0 aromatic heterocycles. The van der Waals surface area contributed by atoms with Gasteiger partial charge in [0, 0.05) is 23.7 Å². The molecule has 1 aromatic rings. The second-order valence-corrected chi connectivity index (χ2v) is 6.94. The molecular weight excluding hydrogens is 358 g/mol. The first-order valence-electron chi connectivity index (χ1n) is 9.80. The van der Waals surface area contributed by atoms with E-state index in [0.717, 1.165) is 24.1 Å². The summed E-state index contributed by atoms with van der Waals surface area (Å²) < 4.78 is 16.4. The monoisotopic (exact) mass is 385 g/mol. The fourth-order valence-electron chi connectivity index (χ4n) is 4.11. The average Bonchev–Trinajstić information content (AvgIpc) is 2.67. The number of Topliss-reactive ketones (excluding diaryl/α,β-unsaturated/α-hetero) is 1. The molecule has 0 radical (unpaired) electrons. The van der Waals surface area contributed by atoms with E-state index in [4.69, 9.17) is 14.2 Å². The van der Waals surface area contributed by atoms with E-state index in [1.54, 1.807) is 14.0 Å². The molecule has 1 aromatic carbocycles. The number of methoxy groups -OCH3 is 1. The lowest BCUT2D eigenvalue weighted by Gasteiger charge is -2.35. The van der Waals surface area contributed by atoms with E-state index in [1.807, 2.05) is 32.0 Å². The van der Waals surface area contributed by atoms with Gasteiger partial charge in [-0.3, -0.25) is 9.79 Å². The van der Waals surface area contributed by atoms with Crippen molar-refractivity contribution in [3.8, 4) is 11.5 Å².